The maximum Gasteiger partial charge on any atom is 0.231 e. The molecule has 1 atom stereocenters. The van der Waals surface area contributed by atoms with E-state index in [1.807, 2.05) is 0 Å². The van der Waals surface area contributed by atoms with Crippen molar-refractivity contribution in [1.82, 2.24) is 0 Å². The first-order valence-corrected chi connectivity index (χ1v) is 7.49. The molecular formula is C18H18FNO3. The SMILES string of the molecule is COc1ccc2c(c1)N(C(=O)Cc1ccc(F)cc1)CCC2O. The number of carbonyl (C=O) groups is 1. The normalized spacial score (nSPS) is 16.8. The highest BCUT2D eigenvalue weighted by Crippen LogP contribution is 2.36. The molecule has 3 rings (SSSR count). The molecule has 0 radical (unpaired) electrons. The van der Waals surface area contributed by atoms with Crippen LogP contribution in [0.3, 0.4) is 0 Å². The van der Waals surface area contributed by atoms with Crippen LogP contribution in [0.4, 0.5) is 10.1 Å². The van der Waals surface area contributed by atoms with Crippen LogP contribution in [0.15, 0.2) is 42.5 Å². The maximum atomic E-state index is 13.0. The molecular weight excluding hydrogens is 297 g/mol. The summed E-state index contributed by atoms with van der Waals surface area (Å²) in [5.41, 5.74) is 2.16. The van der Waals surface area contributed by atoms with Gasteiger partial charge in [0.15, 0.2) is 0 Å². The highest BCUT2D eigenvalue weighted by molar-refractivity contribution is 5.96. The Kier molecular flexibility index (Phi) is 4.30. The lowest BCUT2D eigenvalue weighted by molar-refractivity contribution is -0.118. The zero-order valence-electron chi connectivity index (χ0n) is 12.8. The number of hydrogen-bond acceptors (Lipinski definition) is 3. The molecule has 0 fully saturated rings. The van der Waals surface area contributed by atoms with Gasteiger partial charge in [-0.2, -0.15) is 0 Å². The fourth-order valence-corrected chi connectivity index (χ4v) is 2.82. The lowest BCUT2D eigenvalue weighted by Crippen LogP contribution is -2.37. The number of benzene rings is 2. The van der Waals surface area contributed by atoms with E-state index in [1.54, 1.807) is 42.3 Å². The first kappa shape index (κ1) is 15.5. The van der Waals surface area contributed by atoms with Crippen molar-refractivity contribution in [3.05, 3.63) is 59.4 Å². The quantitative estimate of drug-likeness (QED) is 0.947. The zero-order chi connectivity index (χ0) is 16.4. The Morgan fingerprint density at radius 1 is 1.30 bits per heavy atom. The van der Waals surface area contributed by atoms with Crippen molar-refractivity contribution in [2.75, 3.05) is 18.6 Å². The van der Waals surface area contributed by atoms with Gasteiger partial charge in [0.2, 0.25) is 5.91 Å². The third-order valence-corrected chi connectivity index (χ3v) is 4.08. The Labute approximate surface area is 134 Å². The average molecular weight is 315 g/mol. The van der Waals surface area contributed by atoms with Gasteiger partial charge in [0.05, 0.1) is 25.3 Å². The Morgan fingerprint density at radius 3 is 2.74 bits per heavy atom. The molecule has 0 bridgehead atoms. The van der Waals surface area contributed by atoms with E-state index in [4.69, 9.17) is 4.74 Å². The highest BCUT2D eigenvalue weighted by atomic mass is 19.1. The van der Waals surface area contributed by atoms with Gasteiger partial charge in [-0.15, -0.1) is 0 Å². The Bertz CT molecular complexity index is 715. The number of nitrogens with zero attached hydrogens (tertiary/aromatic N) is 1. The van der Waals surface area contributed by atoms with Crippen LogP contribution in [-0.4, -0.2) is 24.7 Å². The minimum absolute atomic E-state index is 0.0852. The Balaban J connectivity index is 1.87. The van der Waals surface area contributed by atoms with Crippen LogP contribution in [0.2, 0.25) is 0 Å². The number of fused-ring (bicyclic) bond motifs is 1. The van der Waals surface area contributed by atoms with Gasteiger partial charge in [-0.25, -0.2) is 4.39 Å². The summed E-state index contributed by atoms with van der Waals surface area (Å²) in [6.45, 7) is 0.446. The number of aliphatic hydroxyl groups is 1. The predicted molar refractivity (Wildman–Crippen MR) is 85.0 cm³/mol. The molecule has 1 aliphatic rings. The number of hydrogen-bond donors (Lipinski definition) is 1. The van der Waals surface area contributed by atoms with Crippen LogP contribution in [-0.2, 0) is 11.2 Å². The smallest absolute Gasteiger partial charge is 0.231 e. The van der Waals surface area contributed by atoms with Gasteiger partial charge >= 0.3 is 0 Å². The second kappa shape index (κ2) is 6.38. The predicted octanol–water partition coefficient (Wildman–Crippen LogP) is 2.85. The number of amides is 1. The molecule has 0 saturated carbocycles. The number of anilines is 1. The molecule has 1 aliphatic heterocycles. The lowest BCUT2D eigenvalue weighted by Gasteiger charge is -2.32. The van der Waals surface area contributed by atoms with Gasteiger partial charge in [-0.05, 0) is 30.2 Å². The topological polar surface area (TPSA) is 49.8 Å². The minimum atomic E-state index is -0.578. The van der Waals surface area contributed by atoms with E-state index in [9.17, 15) is 14.3 Å². The summed E-state index contributed by atoms with van der Waals surface area (Å²) in [5.74, 6) is 0.229. The number of aliphatic hydroxyl groups excluding tert-OH is 1. The molecule has 2 aromatic rings. The molecule has 23 heavy (non-hydrogen) atoms. The summed E-state index contributed by atoms with van der Waals surface area (Å²) in [7, 11) is 1.56. The Hall–Kier alpha value is -2.40. The molecule has 1 amide bonds. The van der Waals surface area contributed by atoms with Crippen LogP contribution in [0.25, 0.3) is 0 Å². The summed E-state index contributed by atoms with van der Waals surface area (Å²) in [6.07, 6.45) is 0.104. The lowest BCUT2D eigenvalue weighted by atomic mass is 9.97. The van der Waals surface area contributed by atoms with Crippen LogP contribution in [0, 0.1) is 5.82 Å². The summed E-state index contributed by atoms with van der Waals surface area (Å²) in [5, 5.41) is 10.1. The Morgan fingerprint density at radius 2 is 2.04 bits per heavy atom. The van der Waals surface area contributed by atoms with Crippen LogP contribution < -0.4 is 9.64 Å². The first-order chi connectivity index (χ1) is 11.1. The molecule has 0 aromatic heterocycles. The van der Waals surface area contributed by atoms with Crippen molar-refractivity contribution in [1.29, 1.82) is 0 Å². The molecule has 120 valence electrons. The monoisotopic (exact) mass is 315 g/mol. The van der Waals surface area contributed by atoms with Crippen molar-refractivity contribution >= 4 is 11.6 Å². The zero-order valence-corrected chi connectivity index (χ0v) is 12.8. The number of rotatable bonds is 3. The average Bonchev–Trinajstić information content (AvgIpc) is 2.56. The third kappa shape index (κ3) is 3.19. The van der Waals surface area contributed by atoms with Crippen molar-refractivity contribution in [2.24, 2.45) is 0 Å². The molecule has 4 nitrogen and oxygen atoms in total. The highest BCUT2D eigenvalue weighted by Gasteiger charge is 2.28. The minimum Gasteiger partial charge on any atom is -0.497 e. The van der Waals surface area contributed by atoms with E-state index in [-0.39, 0.29) is 18.1 Å². The van der Waals surface area contributed by atoms with Gasteiger partial charge in [-0.1, -0.05) is 18.2 Å². The molecule has 1 unspecified atom stereocenters. The van der Waals surface area contributed by atoms with E-state index >= 15 is 0 Å². The van der Waals surface area contributed by atoms with Gasteiger partial charge in [0.1, 0.15) is 11.6 Å². The molecule has 0 spiro atoms. The first-order valence-electron chi connectivity index (χ1n) is 7.49. The van der Waals surface area contributed by atoms with E-state index in [0.29, 0.717) is 24.4 Å². The van der Waals surface area contributed by atoms with E-state index in [0.717, 1.165) is 11.1 Å². The standard InChI is InChI=1S/C18H18FNO3/c1-23-14-6-7-15-16(11-14)20(9-8-17(15)21)18(22)10-12-2-4-13(19)5-3-12/h2-7,11,17,21H,8-10H2,1H3. The van der Waals surface area contributed by atoms with Crippen LogP contribution in [0.5, 0.6) is 5.75 Å². The van der Waals surface area contributed by atoms with Crippen molar-refractivity contribution in [2.45, 2.75) is 18.9 Å². The summed E-state index contributed by atoms with van der Waals surface area (Å²) >= 11 is 0. The van der Waals surface area contributed by atoms with Crippen molar-refractivity contribution in [3.8, 4) is 5.75 Å². The molecule has 0 aliphatic carbocycles. The maximum absolute atomic E-state index is 13.0. The summed E-state index contributed by atoms with van der Waals surface area (Å²) < 4.78 is 18.2. The molecule has 5 heteroatoms. The van der Waals surface area contributed by atoms with Crippen LogP contribution >= 0.6 is 0 Å². The van der Waals surface area contributed by atoms with Gasteiger partial charge < -0.3 is 14.7 Å². The fraction of sp³-hybridized carbons (Fsp3) is 0.278. The van der Waals surface area contributed by atoms with Crippen molar-refractivity contribution < 1.29 is 19.0 Å². The molecule has 1 N–H and O–H groups in total. The second-order valence-corrected chi connectivity index (χ2v) is 5.58. The summed E-state index contributed by atoms with van der Waals surface area (Å²) in [6, 6.07) is 11.2. The number of halogens is 1. The van der Waals surface area contributed by atoms with E-state index < -0.39 is 6.10 Å². The van der Waals surface area contributed by atoms with Gasteiger partial charge in [-0.3, -0.25) is 4.79 Å². The van der Waals surface area contributed by atoms with Crippen molar-refractivity contribution in [3.63, 3.8) is 0 Å². The second-order valence-electron chi connectivity index (χ2n) is 5.58. The summed E-state index contributed by atoms with van der Waals surface area (Å²) in [4.78, 5) is 14.3. The van der Waals surface area contributed by atoms with E-state index in [2.05, 4.69) is 0 Å². The third-order valence-electron chi connectivity index (χ3n) is 4.08. The van der Waals surface area contributed by atoms with Gasteiger partial charge in [0.25, 0.3) is 0 Å². The fourth-order valence-electron chi connectivity index (χ4n) is 2.82. The largest absolute Gasteiger partial charge is 0.497 e. The number of methoxy groups -OCH3 is 1. The van der Waals surface area contributed by atoms with Crippen LogP contribution in [0.1, 0.15) is 23.7 Å². The van der Waals surface area contributed by atoms with E-state index in [1.165, 1.54) is 12.1 Å². The number of carbonyl (C=O) groups excluding carboxylic acids is 1. The number of ether oxygens (including phenoxy) is 1. The van der Waals surface area contributed by atoms with Gasteiger partial charge in [0, 0.05) is 18.2 Å². The molecule has 2 aromatic carbocycles. The molecule has 1 heterocycles. The molecule has 0 saturated heterocycles.